The molecule has 0 saturated heterocycles. The summed E-state index contributed by atoms with van der Waals surface area (Å²) in [4.78, 5) is 4.59. The molecule has 2 aromatic carbocycles. The molecule has 0 amide bonds. The van der Waals surface area contributed by atoms with Gasteiger partial charge in [0, 0.05) is 0 Å². The zero-order chi connectivity index (χ0) is 15.3. The van der Waals surface area contributed by atoms with E-state index in [4.69, 9.17) is 5.73 Å². The Morgan fingerprint density at radius 1 is 0.818 bits per heavy atom. The van der Waals surface area contributed by atoms with E-state index >= 15 is 0 Å². The fourth-order valence-electron chi connectivity index (χ4n) is 3.45. The number of rotatable bonds is 1. The van der Waals surface area contributed by atoms with Crippen LogP contribution < -0.4 is 5.73 Å². The molecule has 0 spiro atoms. The minimum atomic E-state index is 0.174. The van der Waals surface area contributed by atoms with E-state index in [0.29, 0.717) is 5.82 Å². The summed E-state index contributed by atoms with van der Waals surface area (Å²) in [5.41, 5.74) is 14.8. The molecule has 2 heteroatoms. The second-order valence-corrected chi connectivity index (χ2v) is 6.10. The molecule has 3 aromatic rings. The maximum absolute atomic E-state index is 5.91. The van der Waals surface area contributed by atoms with Crippen LogP contribution in [0.3, 0.4) is 0 Å². The summed E-state index contributed by atoms with van der Waals surface area (Å²) in [7, 11) is 0. The van der Waals surface area contributed by atoms with Gasteiger partial charge < -0.3 is 5.73 Å². The Balaban J connectivity index is 2.02. The first-order valence-electron chi connectivity index (χ1n) is 7.57. The van der Waals surface area contributed by atoms with Gasteiger partial charge in [-0.2, -0.15) is 0 Å². The van der Waals surface area contributed by atoms with E-state index in [0.717, 1.165) is 5.69 Å². The molecular formula is C20H18N2. The van der Waals surface area contributed by atoms with Crippen LogP contribution in [0.1, 0.15) is 33.9 Å². The van der Waals surface area contributed by atoms with Gasteiger partial charge in [-0.25, -0.2) is 4.98 Å². The van der Waals surface area contributed by atoms with Crippen LogP contribution in [0.2, 0.25) is 0 Å². The van der Waals surface area contributed by atoms with E-state index in [-0.39, 0.29) is 5.92 Å². The van der Waals surface area contributed by atoms with Crippen LogP contribution in [-0.4, -0.2) is 4.98 Å². The Bertz CT molecular complexity index is 829. The third-order valence-electron chi connectivity index (χ3n) is 4.41. The van der Waals surface area contributed by atoms with Crippen molar-refractivity contribution in [1.29, 1.82) is 0 Å². The van der Waals surface area contributed by atoms with E-state index in [1.807, 2.05) is 12.1 Å². The van der Waals surface area contributed by atoms with Crippen molar-refractivity contribution in [2.45, 2.75) is 19.8 Å². The maximum atomic E-state index is 5.91. The quantitative estimate of drug-likeness (QED) is 0.562. The maximum Gasteiger partial charge on any atom is 0.123 e. The van der Waals surface area contributed by atoms with Gasteiger partial charge in [-0.05, 0) is 48.2 Å². The predicted molar refractivity (Wildman–Crippen MR) is 90.9 cm³/mol. The van der Waals surface area contributed by atoms with Gasteiger partial charge in [0.05, 0.1) is 11.6 Å². The fourth-order valence-corrected chi connectivity index (χ4v) is 3.45. The van der Waals surface area contributed by atoms with Gasteiger partial charge >= 0.3 is 0 Å². The number of pyridine rings is 1. The van der Waals surface area contributed by atoms with Gasteiger partial charge in [0.15, 0.2) is 0 Å². The lowest BCUT2D eigenvalue weighted by atomic mass is 9.91. The molecule has 4 rings (SSSR count). The third-order valence-corrected chi connectivity index (χ3v) is 4.41. The third kappa shape index (κ3) is 1.92. The van der Waals surface area contributed by atoms with Crippen LogP contribution in [0, 0.1) is 13.8 Å². The van der Waals surface area contributed by atoms with Crippen molar-refractivity contribution in [3.8, 4) is 11.1 Å². The first-order chi connectivity index (χ1) is 10.6. The second-order valence-electron chi connectivity index (χ2n) is 6.10. The number of nitrogens with zero attached hydrogens (tertiary/aromatic N) is 1. The lowest BCUT2D eigenvalue weighted by Gasteiger charge is -2.14. The molecule has 0 atom stereocenters. The summed E-state index contributed by atoms with van der Waals surface area (Å²) in [6.45, 7) is 4.27. The van der Waals surface area contributed by atoms with Crippen molar-refractivity contribution >= 4 is 5.82 Å². The highest BCUT2D eigenvalue weighted by Crippen LogP contribution is 2.48. The molecule has 1 heterocycles. The fraction of sp³-hybridized carbons (Fsp3) is 0.150. The Morgan fingerprint density at radius 3 is 1.95 bits per heavy atom. The second kappa shape index (κ2) is 4.70. The van der Waals surface area contributed by atoms with Crippen LogP contribution in [0.25, 0.3) is 11.1 Å². The molecule has 0 fully saturated rings. The molecule has 22 heavy (non-hydrogen) atoms. The number of fused-ring (bicyclic) bond motifs is 3. The Kier molecular flexibility index (Phi) is 2.80. The summed E-state index contributed by atoms with van der Waals surface area (Å²) in [6.07, 6.45) is 0. The molecule has 2 N–H and O–H groups in total. The number of aryl methyl sites for hydroxylation is 2. The van der Waals surface area contributed by atoms with E-state index < -0.39 is 0 Å². The SMILES string of the molecule is Cc1ccc2c(c1)C(c1cccc(N)n1)c1cc(C)ccc1-2. The van der Waals surface area contributed by atoms with Crippen LogP contribution >= 0.6 is 0 Å². The van der Waals surface area contributed by atoms with E-state index in [9.17, 15) is 0 Å². The molecule has 0 aliphatic heterocycles. The Labute approximate surface area is 130 Å². The van der Waals surface area contributed by atoms with Gasteiger partial charge in [-0.1, -0.05) is 53.6 Å². The van der Waals surface area contributed by atoms with Crippen molar-refractivity contribution in [2.24, 2.45) is 0 Å². The molecule has 0 bridgehead atoms. The van der Waals surface area contributed by atoms with Gasteiger partial charge in [-0.3, -0.25) is 0 Å². The topological polar surface area (TPSA) is 38.9 Å². The first kappa shape index (κ1) is 13.1. The number of aromatic nitrogens is 1. The number of anilines is 1. The standard InChI is InChI=1S/C20H18N2/c1-12-6-8-14-15-9-7-13(2)11-17(15)20(16(14)10-12)18-4-3-5-19(21)22-18/h3-11,20H,1-2H3,(H2,21,22). The number of hydrogen-bond donors (Lipinski definition) is 1. The average Bonchev–Trinajstić information content (AvgIpc) is 2.79. The van der Waals surface area contributed by atoms with Gasteiger partial charge in [0.1, 0.15) is 5.82 Å². The number of hydrogen-bond acceptors (Lipinski definition) is 2. The summed E-state index contributed by atoms with van der Waals surface area (Å²) in [5, 5.41) is 0. The highest BCUT2D eigenvalue weighted by Gasteiger charge is 2.30. The monoisotopic (exact) mass is 286 g/mol. The summed E-state index contributed by atoms with van der Waals surface area (Å²) >= 11 is 0. The van der Waals surface area contributed by atoms with Crippen LogP contribution in [0.4, 0.5) is 5.82 Å². The van der Waals surface area contributed by atoms with Crippen molar-refractivity contribution < 1.29 is 0 Å². The number of benzene rings is 2. The molecule has 1 aliphatic rings. The Hall–Kier alpha value is -2.61. The first-order valence-corrected chi connectivity index (χ1v) is 7.57. The summed E-state index contributed by atoms with van der Waals surface area (Å²) in [5.74, 6) is 0.751. The van der Waals surface area contributed by atoms with E-state index in [1.165, 1.54) is 33.4 Å². The molecular weight excluding hydrogens is 268 g/mol. The minimum Gasteiger partial charge on any atom is -0.384 e. The van der Waals surface area contributed by atoms with Crippen molar-refractivity contribution in [2.75, 3.05) is 5.73 Å². The molecule has 2 nitrogen and oxygen atoms in total. The van der Waals surface area contributed by atoms with Crippen molar-refractivity contribution in [3.05, 3.63) is 82.5 Å². The highest BCUT2D eigenvalue weighted by atomic mass is 14.8. The molecule has 0 radical (unpaired) electrons. The van der Waals surface area contributed by atoms with Crippen LogP contribution in [0.15, 0.2) is 54.6 Å². The van der Waals surface area contributed by atoms with Gasteiger partial charge in [0.25, 0.3) is 0 Å². The average molecular weight is 286 g/mol. The summed E-state index contributed by atoms with van der Waals surface area (Å²) < 4.78 is 0. The van der Waals surface area contributed by atoms with Crippen molar-refractivity contribution in [3.63, 3.8) is 0 Å². The van der Waals surface area contributed by atoms with E-state index in [2.05, 4.69) is 61.3 Å². The lowest BCUT2D eigenvalue weighted by molar-refractivity contribution is 0.946. The normalized spacial score (nSPS) is 13.0. The lowest BCUT2D eigenvalue weighted by Crippen LogP contribution is -2.04. The smallest absolute Gasteiger partial charge is 0.123 e. The molecule has 0 saturated carbocycles. The zero-order valence-electron chi connectivity index (χ0n) is 12.8. The number of nitrogen functional groups attached to an aromatic ring is 1. The summed E-state index contributed by atoms with van der Waals surface area (Å²) in [6, 6.07) is 19.3. The minimum absolute atomic E-state index is 0.174. The Morgan fingerprint density at radius 2 is 1.41 bits per heavy atom. The van der Waals surface area contributed by atoms with Gasteiger partial charge in [0.2, 0.25) is 0 Å². The number of nitrogens with two attached hydrogens (primary N) is 1. The molecule has 0 unspecified atom stereocenters. The van der Waals surface area contributed by atoms with Crippen molar-refractivity contribution in [1.82, 2.24) is 4.98 Å². The van der Waals surface area contributed by atoms with Crippen LogP contribution in [0.5, 0.6) is 0 Å². The zero-order valence-corrected chi connectivity index (χ0v) is 12.8. The predicted octanol–water partition coefficient (Wildman–Crippen LogP) is 4.44. The largest absolute Gasteiger partial charge is 0.384 e. The van der Waals surface area contributed by atoms with Crippen LogP contribution in [-0.2, 0) is 0 Å². The van der Waals surface area contributed by atoms with Gasteiger partial charge in [-0.15, -0.1) is 0 Å². The molecule has 1 aliphatic carbocycles. The van der Waals surface area contributed by atoms with E-state index in [1.54, 1.807) is 0 Å². The molecule has 1 aromatic heterocycles. The molecule has 108 valence electrons. The highest BCUT2D eigenvalue weighted by molar-refractivity contribution is 5.81.